The topological polar surface area (TPSA) is 69.8 Å². The molecule has 3 rings (SSSR count). The Morgan fingerprint density at radius 1 is 1.00 bits per heavy atom. The summed E-state index contributed by atoms with van der Waals surface area (Å²) in [6.45, 7) is 6.27. The molecule has 142 valence electrons. The van der Waals surface area contributed by atoms with Gasteiger partial charge in [-0.25, -0.2) is 14.8 Å². The van der Waals surface area contributed by atoms with Gasteiger partial charge in [-0.05, 0) is 18.4 Å². The summed E-state index contributed by atoms with van der Waals surface area (Å²) < 4.78 is 2.55. The van der Waals surface area contributed by atoms with E-state index in [1.807, 2.05) is 18.2 Å². The summed E-state index contributed by atoms with van der Waals surface area (Å²) in [6, 6.07) is 10.1. The highest BCUT2D eigenvalue weighted by molar-refractivity contribution is 7.99. The monoisotopic (exact) mass is 384 g/mol. The van der Waals surface area contributed by atoms with Crippen LogP contribution >= 0.6 is 11.8 Å². The molecule has 3 aromatic rings. The van der Waals surface area contributed by atoms with Crippen LogP contribution in [0, 0.1) is 5.92 Å². The van der Waals surface area contributed by atoms with Crippen LogP contribution in [-0.4, -0.2) is 19.1 Å². The van der Waals surface area contributed by atoms with Crippen LogP contribution in [0.2, 0.25) is 0 Å². The van der Waals surface area contributed by atoms with Gasteiger partial charge in [0.1, 0.15) is 16.2 Å². The van der Waals surface area contributed by atoms with E-state index in [0.29, 0.717) is 34.2 Å². The molecular weight excluding hydrogens is 360 g/mol. The third-order valence-corrected chi connectivity index (χ3v) is 5.61. The van der Waals surface area contributed by atoms with Crippen LogP contribution in [0.3, 0.4) is 0 Å². The smallest absolute Gasteiger partial charge is 0.280 e. The van der Waals surface area contributed by atoms with Gasteiger partial charge in [-0.3, -0.25) is 13.9 Å². The summed E-state index contributed by atoms with van der Waals surface area (Å²) >= 11 is 1.53. The highest BCUT2D eigenvalue weighted by Gasteiger charge is 2.20. The third kappa shape index (κ3) is 3.83. The Hall–Kier alpha value is -2.41. The summed E-state index contributed by atoms with van der Waals surface area (Å²) in [4.78, 5) is 34.4. The van der Waals surface area contributed by atoms with E-state index in [4.69, 9.17) is 4.98 Å². The summed E-state index contributed by atoms with van der Waals surface area (Å²) in [5, 5.41) is 1.14. The molecule has 0 unspecified atom stereocenters. The van der Waals surface area contributed by atoms with Gasteiger partial charge >= 0.3 is 5.69 Å². The lowest BCUT2D eigenvalue weighted by atomic mass is 10.1. The van der Waals surface area contributed by atoms with Crippen molar-refractivity contribution >= 4 is 22.8 Å². The molecule has 0 aliphatic carbocycles. The molecule has 0 spiro atoms. The molecule has 0 fully saturated rings. The maximum Gasteiger partial charge on any atom is 0.332 e. The van der Waals surface area contributed by atoms with Crippen LogP contribution in [0.5, 0.6) is 0 Å². The Balaban J connectivity index is 2.22. The number of benzene rings is 1. The molecule has 0 amide bonds. The van der Waals surface area contributed by atoms with Crippen molar-refractivity contribution in [3.8, 4) is 0 Å². The van der Waals surface area contributed by atoms with E-state index in [-0.39, 0.29) is 16.5 Å². The lowest BCUT2D eigenvalue weighted by molar-refractivity contribution is 0.613. The van der Waals surface area contributed by atoms with Gasteiger partial charge in [-0.1, -0.05) is 55.9 Å². The van der Waals surface area contributed by atoms with Crippen molar-refractivity contribution in [2.75, 3.05) is 0 Å². The second-order valence-corrected chi connectivity index (χ2v) is 8.45. The van der Waals surface area contributed by atoms with E-state index in [1.54, 1.807) is 7.05 Å². The predicted molar refractivity (Wildman–Crippen MR) is 109 cm³/mol. The van der Waals surface area contributed by atoms with Crippen molar-refractivity contribution in [2.45, 2.75) is 37.5 Å². The maximum atomic E-state index is 12.8. The first kappa shape index (κ1) is 19.4. The van der Waals surface area contributed by atoms with Crippen molar-refractivity contribution in [3.05, 3.63) is 62.6 Å². The average molecular weight is 385 g/mol. The molecule has 0 radical (unpaired) electrons. The Morgan fingerprint density at radius 2 is 1.67 bits per heavy atom. The average Bonchev–Trinajstić information content (AvgIpc) is 2.64. The largest absolute Gasteiger partial charge is 0.332 e. The van der Waals surface area contributed by atoms with Crippen LogP contribution in [0.25, 0.3) is 11.0 Å². The molecule has 0 bridgehead atoms. The lowest BCUT2D eigenvalue weighted by Gasteiger charge is -2.15. The predicted octanol–water partition coefficient (Wildman–Crippen LogP) is 3.08. The first-order valence-electron chi connectivity index (χ1n) is 8.97. The summed E-state index contributed by atoms with van der Waals surface area (Å²) in [6.07, 6.45) is 0.687. The molecule has 0 aliphatic rings. The molecule has 1 aromatic carbocycles. The molecule has 0 aliphatic heterocycles. The van der Waals surface area contributed by atoms with Gasteiger partial charge in [-0.2, -0.15) is 0 Å². The van der Waals surface area contributed by atoms with Crippen molar-refractivity contribution in [3.63, 3.8) is 0 Å². The van der Waals surface area contributed by atoms with Gasteiger partial charge in [0.25, 0.3) is 5.56 Å². The summed E-state index contributed by atoms with van der Waals surface area (Å²) in [5.74, 6) is 1.03. The van der Waals surface area contributed by atoms with Gasteiger partial charge in [0.05, 0.1) is 0 Å². The molecule has 27 heavy (non-hydrogen) atoms. The zero-order chi connectivity index (χ0) is 19.7. The number of thioether (sulfide) groups is 1. The number of aromatic nitrogens is 4. The number of aryl methyl sites for hydroxylation is 1. The zero-order valence-electron chi connectivity index (χ0n) is 16.3. The van der Waals surface area contributed by atoms with Gasteiger partial charge in [0.2, 0.25) is 0 Å². The Morgan fingerprint density at radius 3 is 2.30 bits per heavy atom. The van der Waals surface area contributed by atoms with Crippen molar-refractivity contribution in [1.29, 1.82) is 0 Å². The van der Waals surface area contributed by atoms with E-state index >= 15 is 0 Å². The fraction of sp³-hybridized carbons (Fsp3) is 0.400. The fourth-order valence-electron chi connectivity index (χ4n) is 2.97. The first-order chi connectivity index (χ1) is 12.8. The van der Waals surface area contributed by atoms with Crippen LogP contribution in [-0.2, 0) is 20.5 Å². The van der Waals surface area contributed by atoms with Crippen molar-refractivity contribution in [1.82, 2.24) is 19.1 Å². The second-order valence-electron chi connectivity index (χ2n) is 7.12. The van der Waals surface area contributed by atoms with Crippen LogP contribution in [0.15, 0.2) is 44.9 Å². The van der Waals surface area contributed by atoms with Gasteiger partial charge in [0, 0.05) is 25.8 Å². The van der Waals surface area contributed by atoms with Crippen molar-refractivity contribution < 1.29 is 0 Å². The van der Waals surface area contributed by atoms with E-state index in [9.17, 15) is 9.59 Å². The Bertz CT molecular complexity index is 1090. The number of hydrogen-bond acceptors (Lipinski definition) is 5. The van der Waals surface area contributed by atoms with E-state index < -0.39 is 0 Å². The molecule has 2 heterocycles. The molecule has 2 aromatic heterocycles. The number of rotatable bonds is 5. The third-order valence-electron chi connectivity index (χ3n) is 4.46. The summed E-state index contributed by atoms with van der Waals surface area (Å²) in [7, 11) is 3.13. The maximum absolute atomic E-state index is 12.8. The lowest BCUT2D eigenvalue weighted by Crippen LogP contribution is -2.38. The van der Waals surface area contributed by atoms with E-state index in [2.05, 4.69) is 37.9 Å². The minimum atomic E-state index is -0.381. The fourth-order valence-corrected chi connectivity index (χ4v) is 4.06. The molecule has 6 nitrogen and oxygen atoms in total. The molecule has 7 heteroatoms. The zero-order valence-corrected chi connectivity index (χ0v) is 17.1. The molecular formula is C20H24N4O2S. The minimum absolute atomic E-state index is 0.109. The Kier molecular flexibility index (Phi) is 5.51. The van der Waals surface area contributed by atoms with Crippen molar-refractivity contribution in [2.24, 2.45) is 20.0 Å². The summed E-state index contributed by atoms with van der Waals surface area (Å²) in [5.41, 5.74) is 0.818. The van der Waals surface area contributed by atoms with E-state index in [1.165, 1.54) is 23.4 Å². The number of fused-ring (bicyclic) bond motifs is 1. The van der Waals surface area contributed by atoms with Gasteiger partial charge in [0.15, 0.2) is 5.65 Å². The molecule has 0 N–H and O–H groups in total. The molecule has 0 saturated carbocycles. The van der Waals surface area contributed by atoms with E-state index in [0.717, 1.165) is 10.1 Å². The second kappa shape index (κ2) is 7.68. The van der Waals surface area contributed by atoms with Crippen LogP contribution < -0.4 is 11.2 Å². The SMILES string of the molecule is CC(C)Cc1nc(S[C@H](C)c2ccccc2)c2c(=O)n(C)c(=O)n(C)c2n1. The standard InChI is InChI=1S/C20H24N4O2S/c1-12(2)11-15-21-17-16(19(25)24(5)20(26)23(17)4)18(22-15)27-13(3)14-9-7-6-8-10-14/h6-10,12-13H,11H2,1-5H3/t13-/m1/s1. The van der Waals surface area contributed by atoms with Crippen LogP contribution in [0.4, 0.5) is 0 Å². The normalized spacial score (nSPS) is 12.7. The molecule has 0 saturated heterocycles. The van der Waals surface area contributed by atoms with Crippen LogP contribution in [0.1, 0.15) is 37.4 Å². The first-order valence-corrected chi connectivity index (χ1v) is 9.85. The number of hydrogen-bond donors (Lipinski definition) is 0. The highest BCUT2D eigenvalue weighted by atomic mass is 32.2. The Labute approximate surface area is 162 Å². The van der Waals surface area contributed by atoms with Gasteiger partial charge in [-0.15, -0.1) is 0 Å². The highest BCUT2D eigenvalue weighted by Crippen LogP contribution is 2.35. The van der Waals surface area contributed by atoms with Gasteiger partial charge < -0.3 is 0 Å². The quantitative estimate of drug-likeness (QED) is 0.499. The molecule has 1 atom stereocenters. The minimum Gasteiger partial charge on any atom is -0.280 e. The number of nitrogens with zero attached hydrogens (tertiary/aromatic N) is 4.